The van der Waals surface area contributed by atoms with E-state index < -0.39 is 8.07 Å². The summed E-state index contributed by atoms with van der Waals surface area (Å²) in [7, 11) is -2.16. The fourth-order valence-electron chi connectivity index (χ4n) is 7.63. The molecule has 0 aliphatic heterocycles. The molecule has 5 rings (SSSR count). The molecule has 4 unspecified atom stereocenters. The highest BCUT2D eigenvalue weighted by atomic mass is 28.3. The Balaban J connectivity index is 1.66. The summed E-state index contributed by atoms with van der Waals surface area (Å²) in [5.74, 6) is 2.54. The van der Waals surface area contributed by atoms with Crippen molar-refractivity contribution in [3.8, 4) is 5.75 Å². The molecule has 0 N–H and O–H groups in total. The molecule has 1 fully saturated rings. The number of halogens is 1. The molecule has 0 saturated heterocycles. The minimum absolute atomic E-state index is 0.123. The van der Waals surface area contributed by atoms with E-state index in [0.717, 1.165) is 11.3 Å². The molecule has 0 amide bonds. The minimum atomic E-state index is -2.16. The highest BCUT2D eigenvalue weighted by Crippen LogP contribution is 2.60. The highest BCUT2D eigenvalue weighted by Gasteiger charge is 2.53. The van der Waals surface area contributed by atoms with Crippen molar-refractivity contribution in [3.05, 3.63) is 64.5 Å². The Morgan fingerprint density at radius 3 is 2.37 bits per heavy atom. The second-order valence-corrected chi connectivity index (χ2v) is 18.7. The maximum atomic E-state index is 15.3. The van der Waals surface area contributed by atoms with Gasteiger partial charge in [-0.2, -0.15) is 0 Å². The molecule has 2 aromatic carbocycles. The van der Waals surface area contributed by atoms with Gasteiger partial charge in [0.1, 0.15) is 17.2 Å². The SMILES string of the molecule is CC1CC2c3cccc4c3C(=CC2C1[Si](C)(C)c1cc(F)cc(C(C)(C)C)c1OC(C)(C)C)CC4. The molecule has 3 aliphatic rings. The lowest BCUT2D eigenvalue weighted by molar-refractivity contribution is 0.129. The first-order chi connectivity index (χ1) is 16.2. The molecule has 0 bridgehead atoms. The summed E-state index contributed by atoms with van der Waals surface area (Å²) in [6.07, 6.45) is 6.23. The minimum Gasteiger partial charge on any atom is -0.488 e. The van der Waals surface area contributed by atoms with Crippen LogP contribution in [0.5, 0.6) is 5.75 Å². The molecule has 0 aromatic heterocycles. The monoisotopic (exact) mass is 490 g/mol. The summed E-state index contributed by atoms with van der Waals surface area (Å²) in [5, 5.41) is 1.17. The second kappa shape index (κ2) is 8.06. The average molecular weight is 491 g/mol. The number of allylic oxidation sites excluding steroid dienone is 2. The number of aryl methyl sites for hydroxylation is 1. The van der Waals surface area contributed by atoms with E-state index in [4.69, 9.17) is 4.74 Å². The van der Waals surface area contributed by atoms with Crippen molar-refractivity contribution in [2.75, 3.05) is 0 Å². The molecule has 1 saturated carbocycles. The van der Waals surface area contributed by atoms with Gasteiger partial charge in [0, 0.05) is 5.56 Å². The van der Waals surface area contributed by atoms with Crippen LogP contribution in [-0.4, -0.2) is 13.7 Å². The summed E-state index contributed by atoms with van der Waals surface area (Å²) in [6, 6.07) is 10.5. The lowest BCUT2D eigenvalue weighted by Gasteiger charge is -2.41. The van der Waals surface area contributed by atoms with Gasteiger partial charge in [0.25, 0.3) is 0 Å². The molecule has 3 heteroatoms. The second-order valence-electron chi connectivity index (χ2n) is 14.0. The summed E-state index contributed by atoms with van der Waals surface area (Å²) in [6.45, 7) is 20.2. The number of fused-ring (bicyclic) bond motifs is 2. The fourth-order valence-corrected chi connectivity index (χ4v) is 12.1. The zero-order valence-electron chi connectivity index (χ0n) is 23.2. The molecule has 188 valence electrons. The number of hydrogen-bond acceptors (Lipinski definition) is 1. The largest absolute Gasteiger partial charge is 0.488 e. The maximum Gasteiger partial charge on any atom is 0.123 e. The van der Waals surface area contributed by atoms with Gasteiger partial charge < -0.3 is 4.74 Å². The average Bonchev–Trinajstić information content (AvgIpc) is 3.29. The van der Waals surface area contributed by atoms with Gasteiger partial charge >= 0.3 is 0 Å². The standard InChI is InChI=1S/C32H43FOSi/c1-19-15-24-23-12-10-11-20-13-14-21(28(20)23)16-25(24)30(19)35(8,9)27-18-22(33)17-26(31(2,3)4)29(27)34-32(5,6)7/h10-12,16-19,24-25,30H,13-15H2,1-9H3. The number of ether oxygens (including phenoxy) is 1. The Morgan fingerprint density at radius 2 is 1.71 bits per heavy atom. The predicted molar refractivity (Wildman–Crippen MR) is 149 cm³/mol. The Kier molecular flexibility index (Phi) is 5.72. The zero-order valence-corrected chi connectivity index (χ0v) is 24.2. The Hall–Kier alpha value is -1.87. The van der Waals surface area contributed by atoms with Gasteiger partial charge in [-0.05, 0) is 108 Å². The summed E-state index contributed by atoms with van der Waals surface area (Å²) in [5.41, 5.74) is 7.28. The van der Waals surface area contributed by atoms with Crippen LogP contribution in [0.1, 0.15) is 89.5 Å². The molecule has 1 nitrogen and oxygen atoms in total. The molecule has 2 aromatic rings. The van der Waals surface area contributed by atoms with E-state index in [1.54, 1.807) is 28.3 Å². The third kappa shape index (κ3) is 4.12. The third-order valence-corrected chi connectivity index (χ3v) is 13.3. The van der Waals surface area contributed by atoms with Gasteiger partial charge in [-0.1, -0.05) is 65.1 Å². The molecule has 0 heterocycles. The summed E-state index contributed by atoms with van der Waals surface area (Å²) < 4.78 is 22.0. The van der Waals surface area contributed by atoms with E-state index in [9.17, 15) is 0 Å². The Labute approximate surface area is 213 Å². The quantitative estimate of drug-likeness (QED) is 0.393. The Bertz CT molecular complexity index is 1190. The van der Waals surface area contributed by atoms with Gasteiger partial charge in [-0.15, -0.1) is 0 Å². The highest BCUT2D eigenvalue weighted by molar-refractivity contribution is 6.91. The third-order valence-electron chi connectivity index (χ3n) is 8.88. The van der Waals surface area contributed by atoms with Crippen molar-refractivity contribution in [1.82, 2.24) is 0 Å². The van der Waals surface area contributed by atoms with Crippen LogP contribution in [-0.2, 0) is 11.8 Å². The number of benzene rings is 2. The molecule has 3 aliphatic carbocycles. The van der Waals surface area contributed by atoms with Crippen LogP contribution >= 0.6 is 0 Å². The van der Waals surface area contributed by atoms with Crippen molar-refractivity contribution in [3.63, 3.8) is 0 Å². The van der Waals surface area contributed by atoms with Crippen LogP contribution in [0.3, 0.4) is 0 Å². The van der Waals surface area contributed by atoms with E-state index in [1.165, 1.54) is 24.4 Å². The van der Waals surface area contributed by atoms with E-state index in [1.807, 2.05) is 6.07 Å². The fraction of sp³-hybridized carbons (Fsp3) is 0.562. The van der Waals surface area contributed by atoms with Crippen LogP contribution < -0.4 is 9.92 Å². The van der Waals surface area contributed by atoms with Gasteiger partial charge in [0.05, 0.1) is 8.07 Å². The van der Waals surface area contributed by atoms with Gasteiger partial charge in [0.2, 0.25) is 0 Å². The lowest BCUT2D eigenvalue weighted by atomic mass is 9.78. The van der Waals surface area contributed by atoms with Gasteiger partial charge in [-0.25, -0.2) is 4.39 Å². The number of rotatable bonds is 3. The lowest BCUT2D eigenvalue weighted by Crippen LogP contribution is -2.51. The van der Waals surface area contributed by atoms with Crippen LogP contribution in [0.25, 0.3) is 5.57 Å². The van der Waals surface area contributed by atoms with Crippen molar-refractivity contribution in [2.24, 2.45) is 11.8 Å². The van der Waals surface area contributed by atoms with Crippen LogP contribution in [0.2, 0.25) is 18.6 Å². The van der Waals surface area contributed by atoms with Crippen LogP contribution in [0.15, 0.2) is 36.4 Å². The predicted octanol–water partition coefficient (Wildman–Crippen LogP) is 8.37. The van der Waals surface area contributed by atoms with E-state index >= 15 is 4.39 Å². The van der Waals surface area contributed by atoms with Crippen molar-refractivity contribution >= 4 is 18.8 Å². The van der Waals surface area contributed by atoms with Crippen LogP contribution in [0, 0.1) is 17.7 Å². The van der Waals surface area contributed by atoms with Crippen LogP contribution in [0.4, 0.5) is 4.39 Å². The normalized spacial score (nSPS) is 25.8. The van der Waals surface area contributed by atoms with Crippen molar-refractivity contribution in [2.45, 2.75) is 103 Å². The summed E-state index contributed by atoms with van der Waals surface area (Å²) in [4.78, 5) is 0. The first-order valence-electron chi connectivity index (χ1n) is 13.5. The first-order valence-corrected chi connectivity index (χ1v) is 16.6. The van der Waals surface area contributed by atoms with Crippen molar-refractivity contribution < 1.29 is 9.13 Å². The molecular weight excluding hydrogens is 447 g/mol. The maximum absolute atomic E-state index is 15.3. The number of hydrogen-bond donors (Lipinski definition) is 0. The topological polar surface area (TPSA) is 9.23 Å². The molecule has 4 atom stereocenters. The summed E-state index contributed by atoms with van der Waals surface area (Å²) >= 11 is 0. The zero-order chi connectivity index (χ0) is 25.5. The molecule has 0 spiro atoms. The van der Waals surface area contributed by atoms with E-state index in [2.05, 4.69) is 85.8 Å². The molecular formula is C32H43FOSi. The Morgan fingerprint density at radius 1 is 1.00 bits per heavy atom. The van der Waals surface area contributed by atoms with E-state index in [0.29, 0.717) is 23.3 Å². The smallest absolute Gasteiger partial charge is 0.123 e. The van der Waals surface area contributed by atoms with Crippen molar-refractivity contribution in [1.29, 1.82) is 0 Å². The van der Waals surface area contributed by atoms with E-state index in [-0.39, 0.29) is 16.8 Å². The van der Waals surface area contributed by atoms with Gasteiger partial charge in [-0.3, -0.25) is 0 Å². The van der Waals surface area contributed by atoms with Gasteiger partial charge in [0.15, 0.2) is 0 Å². The first kappa shape index (κ1) is 24.8. The molecule has 0 radical (unpaired) electrons. The molecule has 35 heavy (non-hydrogen) atoms.